The van der Waals surface area contributed by atoms with Crippen molar-refractivity contribution < 1.29 is 4.43 Å². The summed E-state index contributed by atoms with van der Waals surface area (Å²) in [7, 11) is 1.66. The Kier molecular flexibility index (Phi) is 5.03. The van der Waals surface area contributed by atoms with Gasteiger partial charge in [0.2, 0.25) is 0 Å². The van der Waals surface area contributed by atoms with Crippen molar-refractivity contribution in [2.75, 3.05) is 7.11 Å². The molecule has 0 aromatic heterocycles. The van der Waals surface area contributed by atoms with Crippen LogP contribution in [-0.2, 0) is 4.43 Å². The number of hydrogen-bond acceptors (Lipinski definition) is 1. The van der Waals surface area contributed by atoms with Gasteiger partial charge in [-0.15, -0.1) is 0 Å². The van der Waals surface area contributed by atoms with Crippen molar-refractivity contribution in [3.63, 3.8) is 0 Å². The lowest BCUT2D eigenvalue weighted by molar-refractivity contribution is 0.303. The molecule has 1 saturated carbocycles. The molecule has 1 aliphatic rings. The van der Waals surface area contributed by atoms with Crippen molar-refractivity contribution in [1.82, 2.24) is 0 Å². The second-order valence-electron chi connectivity index (χ2n) is 4.60. The summed E-state index contributed by atoms with van der Waals surface area (Å²) in [6.07, 6.45) is 11.5. The third kappa shape index (κ3) is 3.43. The average molecular weight is 200 g/mol. The van der Waals surface area contributed by atoms with Crippen molar-refractivity contribution in [3.8, 4) is 0 Å². The summed E-state index contributed by atoms with van der Waals surface area (Å²) in [4.78, 5) is 0. The SMILES string of the molecule is CCCCC1([SiH2]OC)CCCCC1. The Balaban J connectivity index is 2.40. The molecule has 1 aliphatic carbocycles. The summed E-state index contributed by atoms with van der Waals surface area (Å²) in [5.41, 5.74) is 0. The molecule has 1 rings (SSSR count). The molecule has 1 fully saturated rings. The van der Waals surface area contributed by atoms with Crippen molar-refractivity contribution >= 4 is 9.76 Å². The molecule has 1 nitrogen and oxygen atoms in total. The first-order valence-electron chi connectivity index (χ1n) is 5.82. The zero-order valence-electron chi connectivity index (χ0n) is 9.27. The van der Waals surface area contributed by atoms with Crippen LogP contribution in [0.25, 0.3) is 0 Å². The topological polar surface area (TPSA) is 9.23 Å². The molecular formula is C11H24OSi. The maximum atomic E-state index is 5.52. The van der Waals surface area contributed by atoms with E-state index in [4.69, 9.17) is 4.43 Å². The molecule has 0 aliphatic heterocycles. The van der Waals surface area contributed by atoms with Gasteiger partial charge in [0.25, 0.3) is 0 Å². The van der Waals surface area contributed by atoms with Crippen LogP contribution in [0.4, 0.5) is 0 Å². The fourth-order valence-electron chi connectivity index (χ4n) is 2.63. The third-order valence-electron chi connectivity index (χ3n) is 3.43. The van der Waals surface area contributed by atoms with Gasteiger partial charge in [0, 0.05) is 7.11 Å². The monoisotopic (exact) mass is 200 g/mol. The van der Waals surface area contributed by atoms with Gasteiger partial charge in [-0.2, -0.15) is 0 Å². The van der Waals surface area contributed by atoms with E-state index in [9.17, 15) is 0 Å². The molecule has 0 heterocycles. The lowest BCUT2D eigenvalue weighted by Gasteiger charge is -2.36. The first-order valence-corrected chi connectivity index (χ1v) is 7.10. The van der Waals surface area contributed by atoms with Gasteiger partial charge in [-0.3, -0.25) is 0 Å². The van der Waals surface area contributed by atoms with Crippen LogP contribution < -0.4 is 0 Å². The van der Waals surface area contributed by atoms with E-state index in [2.05, 4.69) is 6.92 Å². The number of hydrogen-bond donors (Lipinski definition) is 0. The largest absolute Gasteiger partial charge is 0.427 e. The predicted molar refractivity (Wildman–Crippen MR) is 60.9 cm³/mol. The molecule has 0 atom stereocenters. The number of rotatable bonds is 5. The highest BCUT2D eigenvalue weighted by Gasteiger charge is 2.31. The van der Waals surface area contributed by atoms with Crippen molar-refractivity contribution in [3.05, 3.63) is 0 Å². The summed E-state index contributed by atoms with van der Waals surface area (Å²) in [5.74, 6) is 0. The van der Waals surface area contributed by atoms with Gasteiger partial charge in [-0.05, 0) is 24.3 Å². The molecule has 13 heavy (non-hydrogen) atoms. The Labute approximate surface area is 85.2 Å². The molecule has 0 aromatic rings. The van der Waals surface area contributed by atoms with Crippen LogP contribution in [0.3, 0.4) is 0 Å². The molecule has 78 valence electrons. The molecule has 0 saturated heterocycles. The average Bonchev–Trinajstić information content (AvgIpc) is 2.17. The smallest absolute Gasteiger partial charge is 0.167 e. The second kappa shape index (κ2) is 5.81. The van der Waals surface area contributed by atoms with Crippen LogP contribution in [0.5, 0.6) is 0 Å². The first-order chi connectivity index (χ1) is 6.33. The van der Waals surface area contributed by atoms with E-state index < -0.39 is 0 Å². The summed E-state index contributed by atoms with van der Waals surface area (Å²) >= 11 is 0. The highest BCUT2D eigenvalue weighted by atomic mass is 28.2. The fourth-order valence-corrected chi connectivity index (χ4v) is 4.42. The molecule has 0 amide bonds. The summed E-state index contributed by atoms with van der Waals surface area (Å²) < 4.78 is 5.52. The van der Waals surface area contributed by atoms with E-state index in [1.807, 2.05) is 7.11 Å². The maximum Gasteiger partial charge on any atom is 0.167 e. The summed E-state index contributed by atoms with van der Waals surface area (Å²) in [6.45, 7) is 2.30. The van der Waals surface area contributed by atoms with E-state index >= 15 is 0 Å². The van der Waals surface area contributed by atoms with Gasteiger partial charge >= 0.3 is 0 Å². The minimum Gasteiger partial charge on any atom is -0.427 e. The van der Waals surface area contributed by atoms with E-state index in [0.717, 1.165) is 0 Å². The molecular weight excluding hydrogens is 176 g/mol. The molecule has 0 N–H and O–H groups in total. The standard InChI is InChI=1S/C11H24OSi/c1-3-4-8-11(13-12-2)9-6-5-7-10-11/h3-10,13H2,1-2H3. The minimum absolute atomic E-state index is 0.251. The van der Waals surface area contributed by atoms with E-state index in [-0.39, 0.29) is 9.76 Å². The Morgan fingerprint density at radius 1 is 1.23 bits per heavy atom. The number of unbranched alkanes of at least 4 members (excludes halogenated alkanes) is 1. The Bertz CT molecular complexity index is 125. The van der Waals surface area contributed by atoms with Crippen molar-refractivity contribution in [2.45, 2.75) is 63.3 Å². The van der Waals surface area contributed by atoms with Crippen LogP contribution in [0.1, 0.15) is 58.3 Å². The van der Waals surface area contributed by atoms with Gasteiger partial charge in [0.05, 0.1) is 0 Å². The normalized spacial score (nSPS) is 22.6. The van der Waals surface area contributed by atoms with Crippen LogP contribution in [0.2, 0.25) is 5.04 Å². The summed E-state index contributed by atoms with van der Waals surface area (Å²) in [5, 5.41) is 0.697. The lowest BCUT2D eigenvalue weighted by atomic mass is 9.84. The Morgan fingerprint density at radius 3 is 2.46 bits per heavy atom. The van der Waals surface area contributed by atoms with Crippen LogP contribution >= 0.6 is 0 Å². The summed E-state index contributed by atoms with van der Waals surface area (Å²) in [6, 6.07) is 0. The lowest BCUT2D eigenvalue weighted by Crippen LogP contribution is -2.25. The van der Waals surface area contributed by atoms with Gasteiger partial charge in [0.15, 0.2) is 9.76 Å². The van der Waals surface area contributed by atoms with E-state index in [1.54, 1.807) is 0 Å². The maximum absolute atomic E-state index is 5.52. The van der Waals surface area contributed by atoms with E-state index in [0.29, 0.717) is 5.04 Å². The molecule has 2 heteroatoms. The highest BCUT2D eigenvalue weighted by Crippen LogP contribution is 2.46. The van der Waals surface area contributed by atoms with Crippen LogP contribution in [0, 0.1) is 0 Å². The van der Waals surface area contributed by atoms with Gasteiger partial charge in [-0.25, -0.2) is 0 Å². The predicted octanol–water partition coefficient (Wildman–Crippen LogP) is 3.03. The van der Waals surface area contributed by atoms with Crippen LogP contribution in [0.15, 0.2) is 0 Å². The highest BCUT2D eigenvalue weighted by molar-refractivity contribution is 6.32. The third-order valence-corrected chi connectivity index (χ3v) is 5.39. The Morgan fingerprint density at radius 2 is 1.92 bits per heavy atom. The zero-order valence-corrected chi connectivity index (χ0v) is 10.7. The first kappa shape index (κ1) is 11.3. The van der Waals surface area contributed by atoms with Gasteiger partial charge < -0.3 is 4.43 Å². The Hall–Kier alpha value is 0.177. The molecule has 0 bridgehead atoms. The van der Waals surface area contributed by atoms with Crippen molar-refractivity contribution in [1.29, 1.82) is 0 Å². The van der Waals surface area contributed by atoms with E-state index in [1.165, 1.54) is 51.4 Å². The quantitative estimate of drug-likeness (QED) is 0.620. The van der Waals surface area contributed by atoms with Crippen molar-refractivity contribution in [2.24, 2.45) is 0 Å². The molecule has 0 aromatic carbocycles. The molecule has 0 spiro atoms. The fraction of sp³-hybridized carbons (Fsp3) is 1.00. The zero-order chi connectivity index (χ0) is 9.57. The van der Waals surface area contributed by atoms with Gasteiger partial charge in [0.1, 0.15) is 0 Å². The molecule has 0 radical (unpaired) electrons. The van der Waals surface area contributed by atoms with Gasteiger partial charge in [-0.1, -0.05) is 39.0 Å². The molecule has 0 unspecified atom stereocenters. The minimum atomic E-state index is -0.251. The van der Waals surface area contributed by atoms with Crippen LogP contribution in [-0.4, -0.2) is 16.9 Å². The second-order valence-corrected chi connectivity index (χ2v) is 6.96.